The lowest BCUT2D eigenvalue weighted by molar-refractivity contribution is -0.146. The van der Waals surface area contributed by atoms with Crippen LogP contribution >= 0.6 is 0 Å². The first kappa shape index (κ1) is 22.6. The Morgan fingerprint density at radius 1 is 0.909 bits per heavy atom. The molecule has 2 unspecified atom stereocenters. The molecule has 4 rings (SSSR count). The third-order valence-electron chi connectivity index (χ3n) is 6.04. The summed E-state index contributed by atoms with van der Waals surface area (Å²) in [6.07, 6.45) is 0.0423. The third-order valence-corrected chi connectivity index (χ3v) is 6.04. The molecule has 6 heteroatoms. The topological polar surface area (TPSA) is 87.1 Å². The number of aliphatic hydroxyl groups is 1. The van der Waals surface area contributed by atoms with Crippen LogP contribution in [0.1, 0.15) is 18.4 Å². The maximum absolute atomic E-state index is 12.3. The van der Waals surface area contributed by atoms with Gasteiger partial charge in [-0.2, -0.15) is 0 Å². The van der Waals surface area contributed by atoms with E-state index in [-0.39, 0.29) is 25.5 Å². The molecule has 33 heavy (non-hydrogen) atoms. The van der Waals surface area contributed by atoms with Gasteiger partial charge in [0.2, 0.25) is 0 Å². The fourth-order valence-corrected chi connectivity index (χ4v) is 4.16. The molecule has 1 aliphatic rings. The number of anilines is 1. The van der Waals surface area contributed by atoms with Crippen molar-refractivity contribution in [3.63, 3.8) is 0 Å². The van der Waals surface area contributed by atoms with Crippen LogP contribution in [0.2, 0.25) is 0 Å². The second kappa shape index (κ2) is 10.3. The van der Waals surface area contributed by atoms with Crippen molar-refractivity contribution in [3.05, 3.63) is 84.4 Å². The van der Waals surface area contributed by atoms with Gasteiger partial charge >= 0.3 is 5.97 Å². The number of carboxylic acid groups (broad SMARTS) is 1. The number of rotatable bonds is 9. The van der Waals surface area contributed by atoms with Gasteiger partial charge in [-0.3, -0.25) is 9.59 Å². The van der Waals surface area contributed by atoms with E-state index in [1.807, 2.05) is 60.7 Å². The lowest BCUT2D eigenvalue weighted by Gasteiger charge is -2.30. The molecule has 0 radical (unpaired) electrons. The third kappa shape index (κ3) is 5.41. The summed E-state index contributed by atoms with van der Waals surface area (Å²) in [7, 11) is 0. The van der Waals surface area contributed by atoms with Gasteiger partial charge in [-0.1, -0.05) is 66.7 Å². The lowest BCUT2D eigenvalue weighted by Crippen LogP contribution is -2.41. The monoisotopic (exact) mass is 445 g/mol. The van der Waals surface area contributed by atoms with Crippen LogP contribution in [-0.4, -0.2) is 41.3 Å². The van der Waals surface area contributed by atoms with Crippen LogP contribution in [-0.2, 0) is 16.0 Å². The molecule has 0 spiro atoms. The molecule has 1 amide bonds. The van der Waals surface area contributed by atoms with Crippen molar-refractivity contribution in [2.24, 2.45) is 5.92 Å². The molecule has 6 nitrogen and oxygen atoms in total. The standard InChI is InChI=1S/C27H27NO5/c29-24(15-12-19-10-13-21(14-11-19)20-6-2-1-3-7-20)22(27(31)32)16-17-28-23-8-4-5-9-25(23)33-18-26(28)30/h1-11,13-14,22,24,29H,12,15-18H2,(H,31,32). The van der Waals surface area contributed by atoms with Crippen LogP contribution in [0, 0.1) is 5.92 Å². The number of carboxylic acids is 1. The highest BCUT2D eigenvalue weighted by molar-refractivity contribution is 5.97. The van der Waals surface area contributed by atoms with E-state index in [9.17, 15) is 19.8 Å². The molecule has 2 N–H and O–H groups in total. The molecule has 170 valence electrons. The maximum atomic E-state index is 12.3. The summed E-state index contributed by atoms with van der Waals surface area (Å²) in [4.78, 5) is 25.8. The van der Waals surface area contributed by atoms with Crippen LogP contribution < -0.4 is 9.64 Å². The molecule has 0 bridgehead atoms. The average molecular weight is 446 g/mol. The van der Waals surface area contributed by atoms with Gasteiger partial charge < -0.3 is 19.8 Å². The number of hydrogen-bond acceptors (Lipinski definition) is 4. The van der Waals surface area contributed by atoms with Crippen molar-refractivity contribution in [3.8, 4) is 16.9 Å². The molecule has 0 aromatic heterocycles. The number of benzene rings is 3. The van der Waals surface area contributed by atoms with Gasteiger partial charge in [0.1, 0.15) is 5.75 Å². The van der Waals surface area contributed by atoms with E-state index in [2.05, 4.69) is 0 Å². The van der Waals surface area contributed by atoms with Crippen molar-refractivity contribution in [2.45, 2.75) is 25.4 Å². The van der Waals surface area contributed by atoms with Gasteiger partial charge in [-0.05, 0) is 48.1 Å². The maximum Gasteiger partial charge on any atom is 0.309 e. The summed E-state index contributed by atoms with van der Waals surface area (Å²) in [6, 6.07) is 25.3. The Kier molecular flexibility index (Phi) is 7.05. The Bertz CT molecular complexity index is 1100. The normalized spacial score (nSPS) is 14.8. The minimum atomic E-state index is -1.06. The number of amides is 1. The van der Waals surface area contributed by atoms with Gasteiger partial charge in [-0.15, -0.1) is 0 Å². The molecule has 3 aromatic carbocycles. The molecule has 0 aliphatic carbocycles. The van der Waals surface area contributed by atoms with E-state index >= 15 is 0 Å². The Hall–Kier alpha value is -3.64. The number of carbonyl (C=O) groups excluding carboxylic acids is 1. The van der Waals surface area contributed by atoms with Crippen LogP contribution in [0.25, 0.3) is 11.1 Å². The lowest BCUT2D eigenvalue weighted by atomic mass is 9.92. The van der Waals surface area contributed by atoms with Gasteiger partial charge in [0, 0.05) is 6.54 Å². The van der Waals surface area contributed by atoms with Crippen LogP contribution in [0.4, 0.5) is 5.69 Å². The van der Waals surface area contributed by atoms with E-state index in [4.69, 9.17) is 4.74 Å². The molecule has 1 heterocycles. The van der Waals surface area contributed by atoms with Crippen LogP contribution in [0.15, 0.2) is 78.9 Å². The van der Waals surface area contributed by atoms with Crippen molar-refractivity contribution in [1.82, 2.24) is 0 Å². The first-order valence-electron chi connectivity index (χ1n) is 11.1. The highest BCUT2D eigenvalue weighted by atomic mass is 16.5. The molecule has 2 atom stereocenters. The number of para-hydroxylation sites is 2. The Morgan fingerprint density at radius 3 is 2.30 bits per heavy atom. The van der Waals surface area contributed by atoms with E-state index in [0.717, 1.165) is 16.7 Å². The van der Waals surface area contributed by atoms with Crippen molar-refractivity contribution >= 4 is 17.6 Å². The summed E-state index contributed by atoms with van der Waals surface area (Å²) in [5.74, 6) is -1.64. The molecule has 0 saturated carbocycles. The number of nitrogens with zero attached hydrogens (tertiary/aromatic N) is 1. The molecular formula is C27H27NO5. The smallest absolute Gasteiger partial charge is 0.309 e. The number of carbonyl (C=O) groups is 2. The second-order valence-corrected chi connectivity index (χ2v) is 8.20. The number of aryl methyl sites for hydroxylation is 1. The predicted octanol–water partition coefficient (Wildman–Crippen LogP) is 4.16. The highest BCUT2D eigenvalue weighted by Gasteiger charge is 2.30. The van der Waals surface area contributed by atoms with Gasteiger partial charge in [0.15, 0.2) is 6.61 Å². The SMILES string of the molecule is O=C(O)C(CCN1C(=O)COc2ccccc21)C(O)CCc1ccc(-c2ccccc2)cc1. The minimum Gasteiger partial charge on any atom is -0.482 e. The fourth-order valence-electron chi connectivity index (χ4n) is 4.16. The number of hydrogen-bond donors (Lipinski definition) is 2. The van der Waals surface area contributed by atoms with E-state index in [1.165, 1.54) is 0 Å². The van der Waals surface area contributed by atoms with E-state index in [0.29, 0.717) is 24.3 Å². The van der Waals surface area contributed by atoms with Crippen molar-refractivity contribution < 1.29 is 24.5 Å². The van der Waals surface area contributed by atoms with Crippen LogP contribution in [0.5, 0.6) is 5.75 Å². The summed E-state index contributed by atoms with van der Waals surface area (Å²) in [5, 5.41) is 20.4. The Balaban J connectivity index is 1.35. The molecule has 3 aromatic rings. The molecule has 0 saturated heterocycles. The molecular weight excluding hydrogens is 418 g/mol. The predicted molar refractivity (Wildman–Crippen MR) is 126 cm³/mol. The molecule has 0 fully saturated rings. The molecule has 1 aliphatic heterocycles. The van der Waals surface area contributed by atoms with E-state index in [1.54, 1.807) is 23.1 Å². The summed E-state index contributed by atoms with van der Waals surface area (Å²) in [6.45, 7) is 0.134. The zero-order chi connectivity index (χ0) is 23.2. The number of ether oxygens (including phenoxy) is 1. The number of fused-ring (bicyclic) bond motifs is 1. The van der Waals surface area contributed by atoms with Crippen molar-refractivity contribution in [1.29, 1.82) is 0 Å². The second-order valence-electron chi connectivity index (χ2n) is 8.20. The van der Waals surface area contributed by atoms with Gasteiger partial charge in [0.05, 0.1) is 17.7 Å². The summed E-state index contributed by atoms with van der Waals surface area (Å²) in [5.41, 5.74) is 3.91. The number of aliphatic hydroxyl groups excluding tert-OH is 1. The zero-order valence-corrected chi connectivity index (χ0v) is 18.3. The zero-order valence-electron chi connectivity index (χ0n) is 18.3. The highest BCUT2D eigenvalue weighted by Crippen LogP contribution is 2.32. The first-order valence-corrected chi connectivity index (χ1v) is 11.1. The van der Waals surface area contributed by atoms with E-state index < -0.39 is 18.0 Å². The van der Waals surface area contributed by atoms with Gasteiger partial charge in [-0.25, -0.2) is 0 Å². The largest absolute Gasteiger partial charge is 0.482 e. The average Bonchev–Trinajstić information content (AvgIpc) is 2.84. The Labute approximate surface area is 193 Å². The minimum absolute atomic E-state index is 0.0731. The summed E-state index contributed by atoms with van der Waals surface area (Å²) >= 11 is 0. The van der Waals surface area contributed by atoms with Crippen molar-refractivity contribution in [2.75, 3.05) is 18.1 Å². The van der Waals surface area contributed by atoms with Gasteiger partial charge in [0.25, 0.3) is 5.91 Å². The summed E-state index contributed by atoms with van der Waals surface area (Å²) < 4.78 is 5.43. The van der Waals surface area contributed by atoms with Crippen LogP contribution in [0.3, 0.4) is 0 Å². The quantitative estimate of drug-likeness (QED) is 0.516. The number of aliphatic carboxylic acids is 1. The first-order chi connectivity index (χ1) is 16.0. The fraction of sp³-hybridized carbons (Fsp3) is 0.259. The Morgan fingerprint density at radius 2 is 1.58 bits per heavy atom.